The normalized spacial score (nSPS) is 9.82. The predicted octanol–water partition coefficient (Wildman–Crippen LogP) is -0.126. The summed E-state index contributed by atoms with van der Waals surface area (Å²) >= 11 is 0. The molecule has 0 aliphatic rings. The lowest BCUT2D eigenvalue weighted by Crippen LogP contribution is -2.47. The van der Waals surface area contributed by atoms with Gasteiger partial charge in [-0.2, -0.15) is 0 Å². The van der Waals surface area contributed by atoms with Gasteiger partial charge in [0.25, 0.3) is 0 Å². The molecule has 0 saturated carbocycles. The second-order valence-electron chi connectivity index (χ2n) is 2.61. The average molecular weight is 178 g/mol. The Morgan fingerprint density at radius 3 is 0.909 bits per heavy atom. The van der Waals surface area contributed by atoms with Crippen LogP contribution in [-0.4, -0.2) is 53.5 Å². The molecule has 0 atom stereocenters. The maximum absolute atomic E-state index is 2.27. The Bertz CT molecular complexity index is 57.0. The van der Waals surface area contributed by atoms with E-state index in [9.17, 15) is 0 Å². The van der Waals surface area contributed by atoms with Crippen LogP contribution in [0.1, 0.15) is 27.7 Å². The van der Waals surface area contributed by atoms with Gasteiger partial charge in [-0.05, 0) is 27.7 Å². The summed E-state index contributed by atoms with van der Waals surface area (Å²) in [5.41, 5.74) is 0. The van der Waals surface area contributed by atoms with Crippen molar-refractivity contribution in [1.82, 2.24) is 0 Å². The minimum absolute atomic E-state index is 0. The highest BCUT2D eigenvalue weighted by Gasteiger charge is 2.16. The van der Waals surface area contributed by atoms with E-state index in [4.69, 9.17) is 0 Å². The Balaban J connectivity index is -0.000000320. The summed E-state index contributed by atoms with van der Waals surface area (Å²) in [7, 11) is 0. The third-order valence-corrected chi connectivity index (χ3v) is 2.68. The molecule has 0 aliphatic carbocycles. The van der Waals surface area contributed by atoms with Gasteiger partial charge in [-0.1, -0.05) is 0 Å². The summed E-state index contributed by atoms with van der Waals surface area (Å²) in [6.45, 7) is 14.2. The van der Waals surface area contributed by atoms with Gasteiger partial charge in [0.15, 0.2) is 17.4 Å². The quantitative estimate of drug-likeness (QED) is 0.424. The van der Waals surface area contributed by atoms with E-state index in [-0.39, 0.29) is 22.8 Å². The largest absolute Gasteiger partial charge is 0.412 e. The Morgan fingerprint density at radius 2 is 0.909 bits per heavy atom. The van der Waals surface area contributed by atoms with Crippen LogP contribution < -0.4 is 0 Å². The lowest BCUT2D eigenvalue weighted by atomic mass is 10.3. The molecule has 0 spiro atoms. The van der Waals surface area contributed by atoms with Gasteiger partial charge in [-0.15, -0.1) is 0 Å². The van der Waals surface area contributed by atoms with Crippen LogP contribution in [-0.2, 0) is 0 Å². The minimum Gasteiger partial charge on any atom is -0.412 e. The molecule has 0 fully saturated rings. The Hall–Kier alpha value is 0.452. The van der Waals surface area contributed by atoms with Gasteiger partial charge in [0.05, 0.1) is 26.2 Å². The van der Waals surface area contributed by atoms with E-state index in [1.165, 1.54) is 30.7 Å². The molecule has 2 N–H and O–H groups in total. The van der Waals surface area contributed by atoms with Crippen molar-refractivity contribution in [2.45, 2.75) is 27.7 Å². The summed E-state index contributed by atoms with van der Waals surface area (Å²) in [5.74, 6) is 0. The van der Waals surface area contributed by atoms with Crippen molar-refractivity contribution in [3.63, 3.8) is 0 Å². The molecule has 0 aromatic heterocycles. The Morgan fingerprint density at radius 1 is 0.727 bits per heavy atom. The molecule has 11 heavy (non-hydrogen) atoms. The molecule has 0 aliphatic heterocycles. The van der Waals surface area contributed by atoms with E-state index in [1.807, 2.05) is 0 Å². The standard InChI is InChI=1S/C8H20N.Al.H2O.3H/c1-5-9(6-2,7-3)8-4;;;;;/h5-8H2,1-4H3;;1H2;;;/q+1;;;;;. The summed E-state index contributed by atoms with van der Waals surface area (Å²) in [6.07, 6.45) is 0. The van der Waals surface area contributed by atoms with Crippen molar-refractivity contribution >= 4 is 17.4 Å². The highest BCUT2D eigenvalue weighted by atomic mass is 27.0. The van der Waals surface area contributed by atoms with Crippen LogP contribution in [0.15, 0.2) is 0 Å². The zero-order valence-corrected chi connectivity index (χ0v) is 7.78. The fraction of sp³-hybridized carbons (Fsp3) is 1.00. The summed E-state index contributed by atoms with van der Waals surface area (Å²) < 4.78 is 1.28. The van der Waals surface area contributed by atoms with E-state index in [0.29, 0.717) is 0 Å². The first-order chi connectivity index (χ1) is 4.24. The molecule has 3 heteroatoms. The first kappa shape index (κ1) is 17.5. The van der Waals surface area contributed by atoms with Crippen molar-refractivity contribution in [2.24, 2.45) is 0 Å². The molecule has 0 heterocycles. The molecule has 0 unspecified atom stereocenters. The Labute approximate surface area is 81.6 Å². The number of nitrogens with zero attached hydrogens (tertiary/aromatic N) is 1. The van der Waals surface area contributed by atoms with Crippen molar-refractivity contribution < 1.29 is 9.96 Å². The van der Waals surface area contributed by atoms with Crippen molar-refractivity contribution in [3.05, 3.63) is 0 Å². The molecular weight excluding hydrogens is 153 g/mol. The summed E-state index contributed by atoms with van der Waals surface area (Å²) in [5, 5.41) is 0. The predicted molar refractivity (Wildman–Crippen MR) is 56.0 cm³/mol. The zero-order valence-electron chi connectivity index (χ0n) is 7.78. The minimum atomic E-state index is 0. The molecule has 0 aromatic carbocycles. The third-order valence-electron chi connectivity index (χ3n) is 2.68. The first-order valence-electron chi connectivity index (χ1n) is 4.09. The molecule has 0 radical (unpaired) electrons. The molecule has 70 valence electrons. The Kier molecular flexibility index (Phi) is 13.6. The molecular formula is C8H25AlNO+. The van der Waals surface area contributed by atoms with Gasteiger partial charge in [0, 0.05) is 0 Å². The maximum atomic E-state index is 2.27. The van der Waals surface area contributed by atoms with Crippen LogP contribution in [0.25, 0.3) is 0 Å². The zero-order chi connectivity index (χ0) is 7.33. The SMILES string of the molecule is CC[N+](CC)(CC)CC.O.[AlH3]. The molecule has 2 nitrogen and oxygen atoms in total. The van der Waals surface area contributed by atoms with E-state index in [0.717, 1.165) is 0 Å². The van der Waals surface area contributed by atoms with Crippen molar-refractivity contribution in [3.8, 4) is 0 Å². The monoisotopic (exact) mass is 178 g/mol. The second kappa shape index (κ2) is 8.55. The van der Waals surface area contributed by atoms with Gasteiger partial charge in [0.2, 0.25) is 0 Å². The molecule has 0 aromatic rings. The smallest absolute Gasteiger partial charge is 0.187 e. The van der Waals surface area contributed by atoms with Gasteiger partial charge in [0.1, 0.15) is 0 Å². The topological polar surface area (TPSA) is 31.5 Å². The maximum Gasteiger partial charge on any atom is 0.187 e. The van der Waals surface area contributed by atoms with Crippen molar-refractivity contribution in [2.75, 3.05) is 26.2 Å². The van der Waals surface area contributed by atoms with Gasteiger partial charge >= 0.3 is 0 Å². The van der Waals surface area contributed by atoms with Crippen LogP contribution in [0.2, 0.25) is 0 Å². The van der Waals surface area contributed by atoms with E-state index in [1.54, 1.807) is 0 Å². The van der Waals surface area contributed by atoms with E-state index in [2.05, 4.69) is 27.7 Å². The average Bonchev–Trinajstić information content (AvgIpc) is 1.95. The third kappa shape index (κ3) is 4.82. The summed E-state index contributed by atoms with van der Waals surface area (Å²) in [4.78, 5) is 0. The molecule has 0 bridgehead atoms. The van der Waals surface area contributed by atoms with E-state index < -0.39 is 0 Å². The highest BCUT2D eigenvalue weighted by Crippen LogP contribution is 2.03. The van der Waals surface area contributed by atoms with Gasteiger partial charge < -0.3 is 9.96 Å². The lowest BCUT2D eigenvalue weighted by Gasteiger charge is -2.34. The fourth-order valence-corrected chi connectivity index (χ4v) is 1.34. The first-order valence-corrected chi connectivity index (χ1v) is 4.09. The van der Waals surface area contributed by atoms with Crippen LogP contribution >= 0.6 is 0 Å². The lowest BCUT2D eigenvalue weighted by molar-refractivity contribution is -0.921. The molecule has 0 saturated heterocycles. The highest BCUT2D eigenvalue weighted by molar-refractivity contribution is 5.75. The van der Waals surface area contributed by atoms with Gasteiger partial charge in [-0.25, -0.2) is 0 Å². The summed E-state index contributed by atoms with van der Waals surface area (Å²) in [6, 6.07) is 0. The fourth-order valence-electron chi connectivity index (χ4n) is 1.34. The number of rotatable bonds is 4. The number of hydrogen-bond donors (Lipinski definition) is 0. The molecule has 0 rings (SSSR count). The van der Waals surface area contributed by atoms with Crippen molar-refractivity contribution in [1.29, 1.82) is 0 Å². The van der Waals surface area contributed by atoms with Crippen LogP contribution in [0.5, 0.6) is 0 Å². The van der Waals surface area contributed by atoms with Crippen LogP contribution in [0.4, 0.5) is 0 Å². The van der Waals surface area contributed by atoms with Gasteiger partial charge in [-0.3, -0.25) is 0 Å². The second-order valence-corrected chi connectivity index (χ2v) is 2.61. The molecule has 0 amide bonds. The van der Waals surface area contributed by atoms with Crippen LogP contribution in [0.3, 0.4) is 0 Å². The van der Waals surface area contributed by atoms with E-state index >= 15 is 0 Å². The van der Waals surface area contributed by atoms with Crippen LogP contribution in [0, 0.1) is 0 Å². The number of quaternary nitrogens is 1. The number of hydrogen-bond acceptors (Lipinski definition) is 0.